The molecule has 260 valence electrons. The van der Waals surface area contributed by atoms with Gasteiger partial charge in [0.15, 0.2) is 0 Å². The van der Waals surface area contributed by atoms with Gasteiger partial charge >= 0.3 is 29.6 Å². The maximum Gasteiger partial charge on any atom is 1.00 e. The molecule has 1 amide bonds. The number of halogens is 2. The van der Waals surface area contributed by atoms with Gasteiger partial charge in [-0.05, 0) is 98.3 Å². The molecule has 0 spiro atoms. The van der Waals surface area contributed by atoms with Crippen LogP contribution >= 0.6 is 0 Å². The fourth-order valence-electron chi connectivity index (χ4n) is 6.08. The molecule has 1 heterocycles. The summed E-state index contributed by atoms with van der Waals surface area (Å²) < 4.78 is 36.1. The Morgan fingerprint density at radius 2 is 1.37 bits per heavy atom. The minimum Gasteiger partial charge on any atom is -0.550 e. The molecule has 5 rings (SSSR count). The van der Waals surface area contributed by atoms with Crippen LogP contribution in [0.5, 0.6) is 5.75 Å². The first-order chi connectivity index (χ1) is 24.0. The Bertz CT molecular complexity index is 1900. The third-order valence-electron chi connectivity index (χ3n) is 8.33. The average Bonchev–Trinajstić information content (AvgIpc) is 3.43. The molecule has 2 atom stereocenters. The molecule has 0 aliphatic heterocycles. The van der Waals surface area contributed by atoms with Crippen LogP contribution < -0.4 is 44.7 Å². The van der Waals surface area contributed by atoms with Gasteiger partial charge in [0, 0.05) is 40.9 Å². The molecule has 4 aromatic carbocycles. The molecule has 0 aliphatic carbocycles. The summed E-state index contributed by atoms with van der Waals surface area (Å²) in [6, 6.07) is 28.0. The average molecular weight is 705 g/mol. The number of carboxylic acid groups (broad SMARTS) is 1. The number of carboxylic acids is 1. The number of aliphatic hydroxyl groups is 2. The minimum atomic E-state index is -1.43. The van der Waals surface area contributed by atoms with Gasteiger partial charge in [0.25, 0.3) is 5.91 Å². The van der Waals surface area contributed by atoms with Gasteiger partial charge in [0.05, 0.1) is 12.2 Å². The number of anilines is 1. The van der Waals surface area contributed by atoms with Crippen LogP contribution in [0.1, 0.15) is 60.9 Å². The molecular weight excluding hydrogens is 665 g/mol. The number of ether oxygens (including phenoxy) is 1. The predicted molar refractivity (Wildman–Crippen MR) is 185 cm³/mol. The SMILES string of the molecule is CC(C)n1c(CC[C@H](O)C[C@@H](O)CC(=O)[O-])c(-c2ccc(F)cc2)c(-c2ccc(F)cc2)c1C(=O)Nc1ccc(OCc2ccccc2)cc1.[Na+]. The first-order valence-corrected chi connectivity index (χ1v) is 16.4. The van der Waals surface area contributed by atoms with E-state index in [1.54, 1.807) is 48.5 Å². The van der Waals surface area contributed by atoms with Crippen LogP contribution in [0, 0.1) is 11.6 Å². The van der Waals surface area contributed by atoms with Crippen molar-refractivity contribution in [2.45, 2.75) is 64.4 Å². The predicted octanol–water partition coefficient (Wildman–Crippen LogP) is 3.70. The molecule has 0 saturated carbocycles. The van der Waals surface area contributed by atoms with E-state index in [0.29, 0.717) is 46.0 Å². The van der Waals surface area contributed by atoms with Crippen LogP contribution in [0.3, 0.4) is 0 Å². The molecule has 0 fully saturated rings. The molecule has 8 nitrogen and oxygen atoms in total. The Morgan fingerprint density at radius 1 is 0.804 bits per heavy atom. The maximum absolute atomic E-state index is 14.4. The molecule has 0 unspecified atom stereocenters. The van der Waals surface area contributed by atoms with Gasteiger partial charge in [-0.25, -0.2) is 8.78 Å². The number of amides is 1. The summed E-state index contributed by atoms with van der Waals surface area (Å²) in [7, 11) is 0. The van der Waals surface area contributed by atoms with Gasteiger partial charge in [0.1, 0.15) is 29.7 Å². The quantitative estimate of drug-likeness (QED) is 0.143. The summed E-state index contributed by atoms with van der Waals surface area (Å²) in [6.45, 7) is 4.19. The topological polar surface area (TPSA) is 124 Å². The van der Waals surface area contributed by atoms with E-state index in [-0.39, 0.29) is 60.6 Å². The number of nitrogens with zero attached hydrogens (tertiary/aromatic N) is 1. The van der Waals surface area contributed by atoms with Crippen LogP contribution in [0.15, 0.2) is 103 Å². The standard InChI is InChI=1S/C40H40F2N2O6.Na/c1-25(2)44-35(21-18-32(45)22-33(46)23-36(47)48)37(27-8-12-29(41)13-9-27)38(28-10-14-30(42)15-11-28)39(44)40(49)43-31-16-19-34(20-17-31)50-24-26-6-4-3-5-7-26;/h3-17,19-20,25,32-33,45-46H,18,21-24H2,1-2H3,(H,43,49)(H,47,48);/q;+1/p-1/t32-,33+;/m0./s1. The summed E-state index contributed by atoms with van der Waals surface area (Å²) >= 11 is 0. The van der Waals surface area contributed by atoms with Crippen LogP contribution in [-0.4, -0.2) is 38.9 Å². The molecule has 0 bridgehead atoms. The molecule has 1 aromatic heterocycles. The van der Waals surface area contributed by atoms with Crippen LogP contribution in [-0.2, 0) is 17.8 Å². The van der Waals surface area contributed by atoms with Gasteiger partial charge in [-0.3, -0.25) is 4.79 Å². The summed E-state index contributed by atoms with van der Waals surface area (Å²) in [4.78, 5) is 25.3. The monoisotopic (exact) mass is 704 g/mol. The Morgan fingerprint density at radius 3 is 1.92 bits per heavy atom. The van der Waals surface area contributed by atoms with E-state index in [9.17, 15) is 33.7 Å². The molecular formula is C40H39F2N2NaO6. The number of aliphatic hydroxyl groups excluding tert-OH is 2. The van der Waals surface area contributed by atoms with Crippen molar-refractivity contribution < 1.29 is 68.0 Å². The Hall–Kier alpha value is -4.32. The smallest absolute Gasteiger partial charge is 0.550 e. The second kappa shape index (κ2) is 18.3. The van der Waals surface area contributed by atoms with E-state index in [1.165, 1.54) is 24.3 Å². The molecule has 0 aliphatic rings. The van der Waals surface area contributed by atoms with E-state index in [0.717, 1.165) is 5.56 Å². The van der Waals surface area contributed by atoms with Crippen LogP contribution in [0.25, 0.3) is 22.3 Å². The zero-order chi connectivity index (χ0) is 35.8. The van der Waals surface area contributed by atoms with Gasteiger partial charge in [0.2, 0.25) is 0 Å². The second-order valence-electron chi connectivity index (χ2n) is 12.4. The van der Waals surface area contributed by atoms with E-state index >= 15 is 0 Å². The van der Waals surface area contributed by atoms with Crippen molar-refractivity contribution >= 4 is 17.6 Å². The van der Waals surface area contributed by atoms with Gasteiger partial charge < -0.3 is 34.7 Å². The Balaban J connectivity index is 0.00000583. The summed E-state index contributed by atoms with van der Waals surface area (Å²) in [5, 5.41) is 34.9. The van der Waals surface area contributed by atoms with E-state index < -0.39 is 42.1 Å². The second-order valence-corrected chi connectivity index (χ2v) is 12.4. The molecule has 5 aromatic rings. The van der Waals surface area contributed by atoms with E-state index in [4.69, 9.17) is 4.74 Å². The van der Waals surface area contributed by atoms with Crippen molar-refractivity contribution in [3.63, 3.8) is 0 Å². The third-order valence-corrected chi connectivity index (χ3v) is 8.33. The van der Waals surface area contributed by atoms with Crippen molar-refractivity contribution in [2.24, 2.45) is 0 Å². The van der Waals surface area contributed by atoms with E-state index in [1.807, 2.05) is 48.7 Å². The molecule has 3 N–H and O–H groups in total. The number of rotatable bonds is 15. The first-order valence-electron chi connectivity index (χ1n) is 16.4. The summed E-state index contributed by atoms with van der Waals surface area (Å²) in [6.07, 6.45) is -2.85. The number of aromatic nitrogens is 1. The molecule has 0 saturated heterocycles. The maximum atomic E-state index is 14.4. The number of nitrogens with one attached hydrogen (secondary N) is 1. The van der Waals surface area contributed by atoms with Crippen molar-refractivity contribution in [2.75, 3.05) is 5.32 Å². The van der Waals surface area contributed by atoms with Crippen molar-refractivity contribution in [1.82, 2.24) is 4.57 Å². The van der Waals surface area contributed by atoms with Crippen molar-refractivity contribution in [3.05, 3.63) is 132 Å². The van der Waals surface area contributed by atoms with Gasteiger partial charge in [-0.1, -0.05) is 54.6 Å². The van der Waals surface area contributed by atoms with Crippen molar-refractivity contribution in [3.8, 4) is 28.0 Å². The zero-order valence-corrected chi connectivity index (χ0v) is 30.8. The third kappa shape index (κ3) is 10.4. The summed E-state index contributed by atoms with van der Waals surface area (Å²) in [5.74, 6) is -2.16. The molecule has 0 radical (unpaired) electrons. The van der Waals surface area contributed by atoms with Crippen LogP contribution in [0.4, 0.5) is 14.5 Å². The number of hydrogen-bond acceptors (Lipinski definition) is 6. The van der Waals surface area contributed by atoms with Gasteiger partial charge in [-0.2, -0.15) is 0 Å². The van der Waals surface area contributed by atoms with E-state index in [2.05, 4.69) is 5.32 Å². The largest absolute Gasteiger partial charge is 1.00 e. The first kappa shape index (κ1) is 39.5. The number of benzene rings is 4. The number of carbonyl (C=O) groups is 2. The number of aliphatic carboxylic acids is 1. The Labute approximate surface area is 318 Å². The van der Waals surface area contributed by atoms with Crippen LogP contribution in [0.2, 0.25) is 0 Å². The van der Waals surface area contributed by atoms with Crippen molar-refractivity contribution in [1.29, 1.82) is 0 Å². The fraction of sp³-hybridized carbons (Fsp3) is 0.250. The number of carbonyl (C=O) groups excluding carboxylic acids is 2. The fourth-order valence-corrected chi connectivity index (χ4v) is 6.08. The molecule has 51 heavy (non-hydrogen) atoms. The summed E-state index contributed by atoms with van der Waals surface area (Å²) in [5.41, 5.74) is 4.68. The van der Waals surface area contributed by atoms with Gasteiger partial charge in [-0.15, -0.1) is 0 Å². The number of hydrogen-bond donors (Lipinski definition) is 3. The minimum absolute atomic E-state index is 0. The molecule has 11 heteroatoms. The Kier molecular flexibility index (Phi) is 14.1. The zero-order valence-electron chi connectivity index (χ0n) is 28.8. The normalized spacial score (nSPS) is 12.2.